The molecule has 0 unspecified atom stereocenters. The fraction of sp³-hybridized carbons (Fsp3) is 0. The number of nitrogens with one attached hydrogen (secondary N) is 1. The molecule has 0 heterocycles. The van der Waals surface area contributed by atoms with Gasteiger partial charge in [0.25, 0.3) is 0 Å². The van der Waals surface area contributed by atoms with Gasteiger partial charge in [0.2, 0.25) is 0 Å². The molecule has 0 aliphatic rings. The molecule has 2 aromatic carbocycles. The second-order valence-electron chi connectivity index (χ2n) is 3.48. The van der Waals surface area contributed by atoms with Crippen LogP contribution in [0.25, 0.3) is 0 Å². The normalized spacial score (nSPS) is 10.1. The van der Waals surface area contributed by atoms with Crippen LogP contribution in [0.2, 0.25) is 5.02 Å². The number of rotatable bonds is 2. The standard InChI is InChI=1S/C12H12ClN3/c13-8-2-1-3-9(6-8)16-10-4-5-11(14)12(15)7-10/h1-7,16H,14-15H2. The monoisotopic (exact) mass is 233 g/mol. The Morgan fingerprint density at radius 3 is 2.31 bits per heavy atom. The lowest BCUT2D eigenvalue weighted by Crippen LogP contribution is -1.96. The summed E-state index contributed by atoms with van der Waals surface area (Å²) in [4.78, 5) is 0. The van der Waals surface area contributed by atoms with Crippen molar-refractivity contribution in [2.75, 3.05) is 16.8 Å². The summed E-state index contributed by atoms with van der Waals surface area (Å²) in [6.07, 6.45) is 0. The van der Waals surface area contributed by atoms with Crippen LogP contribution in [0.4, 0.5) is 22.7 Å². The number of nitrogens with two attached hydrogens (primary N) is 2. The van der Waals surface area contributed by atoms with E-state index in [1.807, 2.05) is 30.3 Å². The van der Waals surface area contributed by atoms with Gasteiger partial charge in [-0.3, -0.25) is 0 Å². The first-order valence-corrected chi connectivity index (χ1v) is 5.20. The van der Waals surface area contributed by atoms with Crippen molar-refractivity contribution >= 4 is 34.4 Å². The molecule has 16 heavy (non-hydrogen) atoms. The molecule has 2 rings (SSSR count). The summed E-state index contributed by atoms with van der Waals surface area (Å²) in [6.45, 7) is 0. The van der Waals surface area contributed by atoms with Crippen molar-refractivity contribution in [1.82, 2.24) is 0 Å². The van der Waals surface area contributed by atoms with Gasteiger partial charge in [0.1, 0.15) is 0 Å². The van der Waals surface area contributed by atoms with E-state index in [1.165, 1.54) is 0 Å². The van der Waals surface area contributed by atoms with Gasteiger partial charge in [-0.15, -0.1) is 0 Å². The van der Waals surface area contributed by atoms with Crippen molar-refractivity contribution < 1.29 is 0 Å². The van der Waals surface area contributed by atoms with E-state index >= 15 is 0 Å². The highest BCUT2D eigenvalue weighted by Crippen LogP contribution is 2.24. The Kier molecular flexibility index (Phi) is 2.88. The zero-order chi connectivity index (χ0) is 11.5. The SMILES string of the molecule is Nc1ccc(Nc2cccc(Cl)c2)cc1N. The molecule has 0 bridgehead atoms. The van der Waals surface area contributed by atoms with E-state index in [9.17, 15) is 0 Å². The maximum Gasteiger partial charge on any atom is 0.0568 e. The van der Waals surface area contributed by atoms with Crippen molar-refractivity contribution in [1.29, 1.82) is 0 Å². The molecule has 5 N–H and O–H groups in total. The Hall–Kier alpha value is -1.87. The van der Waals surface area contributed by atoms with Crippen LogP contribution < -0.4 is 16.8 Å². The highest BCUT2D eigenvalue weighted by Gasteiger charge is 1.98. The minimum atomic E-state index is 0.562. The Balaban J connectivity index is 2.24. The molecule has 0 saturated heterocycles. The van der Waals surface area contributed by atoms with E-state index in [2.05, 4.69) is 5.32 Å². The third-order valence-corrected chi connectivity index (χ3v) is 2.44. The van der Waals surface area contributed by atoms with Crippen LogP contribution in [0, 0.1) is 0 Å². The van der Waals surface area contributed by atoms with Crippen LogP contribution in [0.15, 0.2) is 42.5 Å². The number of hydrogen-bond donors (Lipinski definition) is 3. The number of hydrogen-bond acceptors (Lipinski definition) is 3. The highest BCUT2D eigenvalue weighted by molar-refractivity contribution is 6.30. The quantitative estimate of drug-likeness (QED) is 0.698. The Bertz CT molecular complexity index is 511. The van der Waals surface area contributed by atoms with Crippen LogP contribution in [0.3, 0.4) is 0 Å². The Morgan fingerprint density at radius 2 is 1.62 bits per heavy atom. The number of anilines is 4. The zero-order valence-electron chi connectivity index (χ0n) is 8.57. The van der Waals surface area contributed by atoms with Gasteiger partial charge in [0.15, 0.2) is 0 Å². The summed E-state index contributed by atoms with van der Waals surface area (Å²) in [7, 11) is 0. The fourth-order valence-electron chi connectivity index (χ4n) is 1.39. The predicted molar refractivity (Wildman–Crippen MR) is 70.0 cm³/mol. The highest BCUT2D eigenvalue weighted by atomic mass is 35.5. The van der Waals surface area contributed by atoms with E-state index < -0.39 is 0 Å². The average Bonchev–Trinajstić information content (AvgIpc) is 2.24. The largest absolute Gasteiger partial charge is 0.397 e. The minimum absolute atomic E-state index is 0.562. The maximum absolute atomic E-state index is 5.88. The molecule has 0 aliphatic heterocycles. The van der Waals surface area contributed by atoms with Gasteiger partial charge in [-0.05, 0) is 36.4 Å². The number of benzene rings is 2. The molecule has 0 aliphatic carbocycles. The summed E-state index contributed by atoms with van der Waals surface area (Å²) in [5.41, 5.74) is 14.3. The van der Waals surface area contributed by atoms with Gasteiger partial charge in [-0.1, -0.05) is 17.7 Å². The molecule has 0 aromatic heterocycles. The average molecular weight is 234 g/mol. The maximum atomic E-state index is 5.88. The van der Waals surface area contributed by atoms with E-state index in [4.69, 9.17) is 23.1 Å². The summed E-state index contributed by atoms with van der Waals surface area (Å²) in [6, 6.07) is 12.9. The number of nitrogen functional groups attached to an aromatic ring is 2. The van der Waals surface area contributed by atoms with Crippen molar-refractivity contribution in [3.05, 3.63) is 47.5 Å². The van der Waals surface area contributed by atoms with Gasteiger partial charge in [0, 0.05) is 16.4 Å². The lowest BCUT2D eigenvalue weighted by Gasteiger charge is -2.08. The summed E-state index contributed by atoms with van der Waals surface area (Å²) in [5, 5.41) is 3.88. The summed E-state index contributed by atoms with van der Waals surface area (Å²) < 4.78 is 0. The van der Waals surface area contributed by atoms with Crippen LogP contribution in [-0.4, -0.2) is 0 Å². The van der Waals surface area contributed by atoms with Gasteiger partial charge in [-0.25, -0.2) is 0 Å². The van der Waals surface area contributed by atoms with Crippen LogP contribution in [-0.2, 0) is 0 Å². The van der Waals surface area contributed by atoms with E-state index in [0.717, 1.165) is 11.4 Å². The zero-order valence-corrected chi connectivity index (χ0v) is 9.33. The Labute approximate surface area is 99.0 Å². The molecule has 0 atom stereocenters. The smallest absolute Gasteiger partial charge is 0.0568 e. The molecule has 4 heteroatoms. The first-order chi connectivity index (χ1) is 7.65. The van der Waals surface area contributed by atoms with Crippen LogP contribution in [0.1, 0.15) is 0 Å². The van der Waals surface area contributed by atoms with Gasteiger partial charge >= 0.3 is 0 Å². The third kappa shape index (κ3) is 2.38. The number of halogens is 1. The molecular weight excluding hydrogens is 222 g/mol. The van der Waals surface area contributed by atoms with E-state index in [-0.39, 0.29) is 0 Å². The molecule has 0 spiro atoms. The minimum Gasteiger partial charge on any atom is -0.397 e. The van der Waals surface area contributed by atoms with Crippen molar-refractivity contribution in [2.24, 2.45) is 0 Å². The van der Waals surface area contributed by atoms with Gasteiger partial charge < -0.3 is 16.8 Å². The molecule has 0 fully saturated rings. The summed E-state index contributed by atoms with van der Waals surface area (Å²) in [5.74, 6) is 0. The van der Waals surface area contributed by atoms with Crippen molar-refractivity contribution in [3.63, 3.8) is 0 Å². The second-order valence-corrected chi connectivity index (χ2v) is 3.92. The fourth-order valence-corrected chi connectivity index (χ4v) is 1.58. The first-order valence-electron chi connectivity index (χ1n) is 4.83. The van der Waals surface area contributed by atoms with Gasteiger partial charge in [-0.2, -0.15) is 0 Å². The van der Waals surface area contributed by atoms with Crippen LogP contribution in [0.5, 0.6) is 0 Å². The lowest BCUT2D eigenvalue weighted by molar-refractivity contribution is 1.55. The van der Waals surface area contributed by atoms with E-state index in [0.29, 0.717) is 16.4 Å². The molecule has 0 amide bonds. The van der Waals surface area contributed by atoms with Crippen molar-refractivity contribution in [2.45, 2.75) is 0 Å². The molecule has 0 radical (unpaired) electrons. The third-order valence-electron chi connectivity index (χ3n) is 2.20. The predicted octanol–water partition coefficient (Wildman–Crippen LogP) is 3.25. The lowest BCUT2D eigenvalue weighted by atomic mass is 10.2. The summed E-state index contributed by atoms with van der Waals surface area (Å²) >= 11 is 5.88. The Morgan fingerprint density at radius 1 is 0.875 bits per heavy atom. The van der Waals surface area contributed by atoms with E-state index in [1.54, 1.807) is 12.1 Å². The molecule has 0 saturated carbocycles. The van der Waals surface area contributed by atoms with Crippen molar-refractivity contribution in [3.8, 4) is 0 Å². The second kappa shape index (κ2) is 4.33. The molecule has 2 aromatic rings. The van der Waals surface area contributed by atoms with Gasteiger partial charge in [0.05, 0.1) is 11.4 Å². The molecule has 82 valence electrons. The topological polar surface area (TPSA) is 64.1 Å². The van der Waals surface area contributed by atoms with Crippen LogP contribution >= 0.6 is 11.6 Å². The molecule has 3 nitrogen and oxygen atoms in total. The molecular formula is C12H12ClN3. The first kappa shape index (κ1) is 10.6.